The molecule has 2 heterocycles. The second-order valence-electron chi connectivity index (χ2n) is 7.11. The molecular weight excluding hydrogens is 432 g/mol. The van der Waals surface area contributed by atoms with Crippen LogP contribution in [0.3, 0.4) is 0 Å². The van der Waals surface area contributed by atoms with Crippen LogP contribution in [-0.4, -0.2) is 71.7 Å². The second-order valence-corrected chi connectivity index (χ2v) is 7.11. The standard InChI is InChI=1S/C20H18O12/c21-7-4-9(23)12-11(5-7)30-18(15(26)13(12)24)6-1-2-8(22)10(3-6)31-20-17(28)14(25)16(27)19(29)32-20/h1-5,14,16-17,19-23,25-29H. The minimum atomic E-state index is -1.88. The first kappa shape index (κ1) is 21.7. The van der Waals surface area contributed by atoms with Gasteiger partial charge in [0.2, 0.25) is 17.5 Å². The zero-order valence-electron chi connectivity index (χ0n) is 16.0. The summed E-state index contributed by atoms with van der Waals surface area (Å²) in [4.78, 5) is 12.5. The van der Waals surface area contributed by atoms with Crippen LogP contribution >= 0.6 is 0 Å². The molecule has 4 rings (SSSR count). The molecule has 0 amide bonds. The van der Waals surface area contributed by atoms with E-state index >= 15 is 0 Å². The summed E-state index contributed by atoms with van der Waals surface area (Å²) in [7, 11) is 0. The molecule has 2 aromatic carbocycles. The molecule has 170 valence electrons. The van der Waals surface area contributed by atoms with Crippen molar-refractivity contribution in [3.8, 4) is 40.1 Å². The lowest BCUT2D eigenvalue weighted by Crippen LogP contribution is -2.59. The number of hydrogen-bond donors (Lipinski definition) is 8. The van der Waals surface area contributed by atoms with Gasteiger partial charge in [0.1, 0.15) is 40.8 Å². The highest BCUT2D eigenvalue weighted by molar-refractivity contribution is 5.88. The van der Waals surface area contributed by atoms with Gasteiger partial charge in [-0.1, -0.05) is 0 Å². The van der Waals surface area contributed by atoms with Gasteiger partial charge in [0.25, 0.3) is 0 Å². The van der Waals surface area contributed by atoms with Gasteiger partial charge in [-0.05, 0) is 18.2 Å². The van der Waals surface area contributed by atoms with E-state index in [1.54, 1.807) is 0 Å². The topological polar surface area (TPSA) is 211 Å². The number of benzene rings is 2. The average Bonchev–Trinajstić information content (AvgIpc) is 2.74. The Morgan fingerprint density at radius 2 is 1.56 bits per heavy atom. The Morgan fingerprint density at radius 1 is 0.844 bits per heavy atom. The number of fused-ring (bicyclic) bond motifs is 1. The van der Waals surface area contributed by atoms with Gasteiger partial charge in [0.05, 0.1) is 0 Å². The second kappa shape index (κ2) is 7.85. The fraction of sp³-hybridized carbons (Fsp3) is 0.250. The Hall–Kier alpha value is -3.55. The van der Waals surface area contributed by atoms with Crippen LogP contribution in [-0.2, 0) is 4.74 Å². The molecule has 0 spiro atoms. The summed E-state index contributed by atoms with van der Waals surface area (Å²) in [5, 5.41) is 78.5. The third-order valence-corrected chi connectivity index (χ3v) is 4.94. The number of aliphatic hydroxyl groups is 4. The van der Waals surface area contributed by atoms with Gasteiger partial charge >= 0.3 is 0 Å². The van der Waals surface area contributed by atoms with Gasteiger partial charge in [0, 0.05) is 17.7 Å². The molecule has 1 aliphatic heterocycles. The number of phenols is 3. The first-order valence-electron chi connectivity index (χ1n) is 9.18. The summed E-state index contributed by atoms with van der Waals surface area (Å²) in [5.74, 6) is -3.10. The third-order valence-electron chi connectivity index (χ3n) is 4.94. The van der Waals surface area contributed by atoms with Crippen LogP contribution in [0.4, 0.5) is 0 Å². The molecule has 1 fully saturated rings. The van der Waals surface area contributed by atoms with Crippen LogP contribution in [0.15, 0.2) is 39.5 Å². The molecule has 1 aromatic heterocycles. The van der Waals surface area contributed by atoms with E-state index in [0.29, 0.717) is 0 Å². The Kier molecular flexibility index (Phi) is 5.32. The molecule has 12 nitrogen and oxygen atoms in total. The normalized spacial score (nSPS) is 25.7. The zero-order valence-corrected chi connectivity index (χ0v) is 16.0. The molecule has 32 heavy (non-hydrogen) atoms. The van der Waals surface area contributed by atoms with Crippen LogP contribution in [0.1, 0.15) is 0 Å². The van der Waals surface area contributed by atoms with E-state index < -0.39 is 65.1 Å². The maximum Gasteiger partial charge on any atom is 0.238 e. The Balaban J connectivity index is 1.76. The molecule has 0 saturated carbocycles. The molecule has 8 N–H and O–H groups in total. The minimum absolute atomic E-state index is 0.00330. The molecule has 5 atom stereocenters. The predicted octanol–water partition coefficient (Wildman–Crippen LogP) is -0.581. The van der Waals surface area contributed by atoms with Crippen LogP contribution in [0.5, 0.6) is 28.7 Å². The molecule has 0 aliphatic carbocycles. The number of phenolic OH excluding ortho intramolecular Hbond substituents is 3. The van der Waals surface area contributed by atoms with Gasteiger partial charge in [-0.15, -0.1) is 0 Å². The molecule has 0 radical (unpaired) electrons. The van der Waals surface area contributed by atoms with Gasteiger partial charge in [-0.3, -0.25) is 4.79 Å². The smallest absolute Gasteiger partial charge is 0.238 e. The van der Waals surface area contributed by atoms with Crippen molar-refractivity contribution < 1.29 is 54.7 Å². The van der Waals surface area contributed by atoms with Gasteiger partial charge in [-0.2, -0.15) is 0 Å². The zero-order chi connectivity index (χ0) is 23.3. The number of hydrogen-bond acceptors (Lipinski definition) is 12. The highest BCUT2D eigenvalue weighted by Crippen LogP contribution is 2.39. The third kappa shape index (κ3) is 3.55. The van der Waals surface area contributed by atoms with Crippen molar-refractivity contribution >= 4 is 11.0 Å². The number of aliphatic hydroxyl groups excluding tert-OH is 4. The van der Waals surface area contributed by atoms with Crippen molar-refractivity contribution in [1.82, 2.24) is 0 Å². The first-order valence-corrected chi connectivity index (χ1v) is 9.18. The lowest BCUT2D eigenvalue weighted by atomic mass is 10.0. The molecule has 12 heteroatoms. The van der Waals surface area contributed by atoms with E-state index in [1.807, 2.05) is 0 Å². The van der Waals surface area contributed by atoms with E-state index in [9.17, 15) is 45.6 Å². The fourth-order valence-electron chi connectivity index (χ4n) is 3.27. The van der Waals surface area contributed by atoms with Crippen molar-refractivity contribution in [2.75, 3.05) is 0 Å². The van der Waals surface area contributed by atoms with E-state index in [-0.39, 0.29) is 22.3 Å². The van der Waals surface area contributed by atoms with Gasteiger partial charge < -0.3 is 54.7 Å². The monoisotopic (exact) mass is 450 g/mol. The van der Waals surface area contributed by atoms with Crippen molar-refractivity contribution in [2.24, 2.45) is 0 Å². The average molecular weight is 450 g/mol. The van der Waals surface area contributed by atoms with E-state index in [2.05, 4.69) is 0 Å². The summed E-state index contributed by atoms with van der Waals surface area (Å²) in [6.07, 6.45) is -8.98. The highest BCUT2D eigenvalue weighted by atomic mass is 16.7. The van der Waals surface area contributed by atoms with Crippen LogP contribution in [0.2, 0.25) is 0 Å². The maximum absolute atomic E-state index is 12.5. The summed E-state index contributed by atoms with van der Waals surface area (Å²) in [6, 6.07) is 5.41. The van der Waals surface area contributed by atoms with Gasteiger partial charge in [0.15, 0.2) is 23.5 Å². The molecule has 5 unspecified atom stereocenters. The van der Waals surface area contributed by atoms with E-state index in [1.165, 1.54) is 6.07 Å². The fourth-order valence-corrected chi connectivity index (χ4v) is 3.27. The summed E-state index contributed by atoms with van der Waals surface area (Å²) >= 11 is 0. The Morgan fingerprint density at radius 3 is 2.28 bits per heavy atom. The summed E-state index contributed by atoms with van der Waals surface area (Å²) in [6.45, 7) is 0. The van der Waals surface area contributed by atoms with Crippen LogP contribution in [0.25, 0.3) is 22.3 Å². The quantitative estimate of drug-likeness (QED) is 0.252. The van der Waals surface area contributed by atoms with Gasteiger partial charge in [-0.25, -0.2) is 0 Å². The van der Waals surface area contributed by atoms with E-state index in [4.69, 9.17) is 13.9 Å². The van der Waals surface area contributed by atoms with Crippen LogP contribution in [0, 0.1) is 0 Å². The first-order chi connectivity index (χ1) is 15.1. The van der Waals surface area contributed by atoms with Crippen molar-refractivity contribution in [3.63, 3.8) is 0 Å². The SMILES string of the molecule is O=c1c(O)c(-c2ccc(O)c(OC3OC(O)C(O)C(O)C3O)c2)oc2cc(O)cc(O)c12. The predicted molar refractivity (Wildman–Crippen MR) is 104 cm³/mol. The van der Waals surface area contributed by atoms with Crippen molar-refractivity contribution in [2.45, 2.75) is 30.9 Å². The maximum atomic E-state index is 12.5. The largest absolute Gasteiger partial charge is 0.508 e. The Labute approximate surface area is 178 Å². The lowest BCUT2D eigenvalue weighted by molar-refractivity contribution is -0.321. The summed E-state index contributed by atoms with van der Waals surface area (Å²) < 4.78 is 15.7. The molecule has 3 aromatic rings. The van der Waals surface area contributed by atoms with Crippen LogP contribution < -0.4 is 10.2 Å². The molecular formula is C20H18O12. The number of rotatable bonds is 3. The Bertz CT molecular complexity index is 1240. The minimum Gasteiger partial charge on any atom is -0.508 e. The summed E-state index contributed by atoms with van der Waals surface area (Å²) in [5.41, 5.74) is -1.22. The molecule has 0 bridgehead atoms. The van der Waals surface area contributed by atoms with Crippen molar-refractivity contribution in [3.05, 3.63) is 40.6 Å². The molecule has 1 aliphatic rings. The number of aromatic hydroxyl groups is 4. The van der Waals surface area contributed by atoms with Crippen molar-refractivity contribution in [1.29, 1.82) is 0 Å². The molecule has 1 saturated heterocycles. The highest BCUT2D eigenvalue weighted by Gasteiger charge is 2.44. The van der Waals surface area contributed by atoms with E-state index in [0.717, 1.165) is 24.3 Å². The lowest BCUT2D eigenvalue weighted by Gasteiger charge is -2.37. The number of ether oxygens (including phenoxy) is 2.